The van der Waals surface area contributed by atoms with E-state index in [0.29, 0.717) is 5.69 Å². The Morgan fingerprint density at radius 2 is 2.11 bits per heavy atom. The van der Waals surface area contributed by atoms with Crippen LogP contribution in [0.5, 0.6) is 0 Å². The van der Waals surface area contributed by atoms with Gasteiger partial charge < -0.3 is 11.1 Å². The van der Waals surface area contributed by atoms with Crippen molar-refractivity contribution in [1.82, 2.24) is 9.88 Å². The average molecular weight is 279 g/mol. The number of nitrogens with zero attached hydrogens (tertiary/aromatic N) is 1. The van der Waals surface area contributed by atoms with Crippen molar-refractivity contribution in [2.75, 3.05) is 13.1 Å². The Hall–Kier alpha value is -1.28. The largest absolute Gasteiger partial charge is 0.348 e. The number of aromatic nitrogens is 1. The zero-order valence-corrected chi connectivity index (χ0v) is 10.9. The van der Waals surface area contributed by atoms with E-state index in [2.05, 4.69) is 5.32 Å². The molecule has 102 valence electrons. The minimum atomic E-state index is -3.12. The van der Waals surface area contributed by atoms with Crippen LogP contribution < -0.4 is 15.9 Å². The summed E-state index contributed by atoms with van der Waals surface area (Å²) in [6.07, 6.45) is 0. The lowest BCUT2D eigenvalue weighted by atomic mass is 10.3. The van der Waals surface area contributed by atoms with Crippen LogP contribution in [0.4, 0.5) is 8.78 Å². The molecule has 3 N–H and O–H groups in total. The van der Waals surface area contributed by atoms with Gasteiger partial charge in [0.1, 0.15) is 6.54 Å². The third-order valence-electron chi connectivity index (χ3n) is 2.52. The second kappa shape index (κ2) is 5.57. The van der Waals surface area contributed by atoms with Crippen LogP contribution in [0, 0.1) is 13.8 Å². The molecule has 0 aliphatic carbocycles. The van der Waals surface area contributed by atoms with Crippen LogP contribution >= 0.6 is 11.3 Å². The van der Waals surface area contributed by atoms with Crippen molar-refractivity contribution in [3.05, 3.63) is 20.2 Å². The lowest BCUT2D eigenvalue weighted by molar-refractivity contribution is -0.123. The maximum atomic E-state index is 12.8. The highest BCUT2D eigenvalue weighted by Gasteiger charge is 2.27. The predicted molar refractivity (Wildman–Crippen MR) is 65.1 cm³/mol. The molecule has 8 heteroatoms. The van der Waals surface area contributed by atoms with Gasteiger partial charge in [-0.05, 0) is 13.8 Å². The number of halogens is 2. The molecular weight excluding hydrogens is 264 g/mol. The molecular formula is C10H15F2N3O2S. The maximum absolute atomic E-state index is 12.8. The van der Waals surface area contributed by atoms with Crippen LogP contribution in [0.1, 0.15) is 10.6 Å². The van der Waals surface area contributed by atoms with E-state index in [9.17, 15) is 18.4 Å². The van der Waals surface area contributed by atoms with Gasteiger partial charge in [0.05, 0.1) is 13.1 Å². The Morgan fingerprint density at radius 1 is 1.50 bits per heavy atom. The van der Waals surface area contributed by atoms with Gasteiger partial charge in [-0.15, -0.1) is 0 Å². The minimum absolute atomic E-state index is 0.254. The summed E-state index contributed by atoms with van der Waals surface area (Å²) in [7, 11) is 0. The van der Waals surface area contributed by atoms with Gasteiger partial charge in [-0.3, -0.25) is 14.2 Å². The van der Waals surface area contributed by atoms with Crippen LogP contribution in [0.2, 0.25) is 0 Å². The van der Waals surface area contributed by atoms with Gasteiger partial charge in [-0.2, -0.15) is 0 Å². The Labute approximate surface area is 107 Å². The van der Waals surface area contributed by atoms with Crippen molar-refractivity contribution in [1.29, 1.82) is 0 Å². The van der Waals surface area contributed by atoms with E-state index in [4.69, 9.17) is 5.73 Å². The Balaban J connectivity index is 2.63. The summed E-state index contributed by atoms with van der Waals surface area (Å²) in [5.74, 6) is -3.76. The number of carbonyl (C=O) groups is 1. The third kappa shape index (κ3) is 3.61. The molecule has 0 radical (unpaired) electrons. The number of thiazole rings is 1. The van der Waals surface area contributed by atoms with Crippen molar-refractivity contribution >= 4 is 17.2 Å². The van der Waals surface area contributed by atoms with E-state index in [-0.39, 0.29) is 11.4 Å². The number of hydrogen-bond donors (Lipinski definition) is 2. The second-order valence-electron chi connectivity index (χ2n) is 3.93. The van der Waals surface area contributed by atoms with Crippen molar-refractivity contribution < 1.29 is 13.6 Å². The molecule has 1 aromatic rings. The molecule has 1 amide bonds. The lowest BCUT2D eigenvalue weighted by Gasteiger charge is -2.14. The summed E-state index contributed by atoms with van der Waals surface area (Å²) < 4.78 is 26.9. The van der Waals surface area contributed by atoms with E-state index in [1.165, 1.54) is 4.57 Å². The first-order valence-corrected chi connectivity index (χ1v) is 6.10. The summed E-state index contributed by atoms with van der Waals surface area (Å²) in [6.45, 7) is 1.56. The monoisotopic (exact) mass is 279 g/mol. The SMILES string of the molecule is Cc1sc(=O)n(CC(=O)NCC(F)(F)CN)c1C. The number of amides is 1. The second-order valence-corrected chi connectivity index (χ2v) is 5.10. The molecule has 1 rings (SSSR count). The molecule has 0 unspecified atom stereocenters. The molecule has 0 fully saturated rings. The maximum Gasteiger partial charge on any atom is 0.308 e. The van der Waals surface area contributed by atoms with Crippen molar-refractivity contribution in [2.24, 2.45) is 5.73 Å². The summed E-state index contributed by atoms with van der Waals surface area (Å²) in [4.78, 5) is 23.5. The van der Waals surface area contributed by atoms with E-state index >= 15 is 0 Å². The zero-order valence-electron chi connectivity index (χ0n) is 10.1. The van der Waals surface area contributed by atoms with Crippen molar-refractivity contribution in [3.63, 3.8) is 0 Å². The summed E-state index contributed by atoms with van der Waals surface area (Å²) in [5, 5.41) is 2.06. The normalized spacial score (nSPS) is 11.6. The number of nitrogens with two attached hydrogens (primary N) is 1. The van der Waals surface area contributed by atoms with E-state index in [0.717, 1.165) is 16.2 Å². The fraction of sp³-hybridized carbons (Fsp3) is 0.600. The molecule has 18 heavy (non-hydrogen) atoms. The highest BCUT2D eigenvalue weighted by Crippen LogP contribution is 2.10. The molecule has 1 heterocycles. The van der Waals surface area contributed by atoms with Crippen LogP contribution in [-0.4, -0.2) is 29.5 Å². The Morgan fingerprint density at radius 3 is 2.56 bits per heavy atom. The zero-order chi connectivity index (χ0) is 13.9. The van der Waals surface area contributed by atoms with Gasteiger partial charge in [-0.1, -0.05) is 11.3 Å². The van der Waals surface area contributed by atoms with E-state index in [1.54, 1.807) is 13.8 Å². The minimum Gasteiger partial charge on any atom is -0.348 e. The first-order valence-electron chi connectivity index (χ1n) is 5.28. The number of alkyl halides is 2. The van der Waals surface area contributed by atoms with E-state index in [1.807, 2.05) is 0 Å². The number of hydrogen-bond acceptors (Lipinski definition) is 4. The summed E-state index contributed by atoms with van der Waals surface area (Å²) in [5.41, 5.74) is 5.51. The molecule has 0 saturated heterocycles. The van der Waals surface area contributed by atoms with Crippen molar-refractivity contribution in [3.8, 4) is 0 Å². The summed E-state index contributed by atoms with van der Waals surface area (Å²) >= 11 is 1.03. The molecule has 0 aliphatic rings. The number of carbonyl (C=O) groups excluding carboxylic acids is 1. The van der Waals surface area contributed by atoms with Gasteiger partial charge in [0.15, 0.2) is 0 Å². The standard InChI is InChI=1S/C10H15F2N3O2S/c1-6-7(2)18-9(17)15(6)3-8(16)14-5-10(11,12)4-13/h3-5,13H2,1-2H3,(H,14,16). The van der Waals surface area contributed by atoms with Gasteiger partial charge in [0.25, 0.3) is 5.92 Å². The van der Waals surface area contributed by atoms with Gasteiger partial charge in [0, 0.05) is 10.6 Å². The van der Waals surface area contributed by atoms with Gasteiger partial charge >= 0.3 is 4.87 Å². The number of rotatable bonds is 5. The third-order valence-corrected chi connectivity index (χ3v) is 3.52. The van der Waals surface area contributed by atoms with Crippen LogP contribution in [0.25, 0.3) is 0 Å². The van der Waals surface area contributed by atoms with Gasteiger partial charge in [0.2, 0.25) is 5.91 Å². The fourth-order valence-corrected chi connectivity index (χ4v) is 2.10. The highest BCUT2D eigenvalue weighted by atomic mass is 32.1. The van der Waals surface area contributed by atoms with Crippen LogP contribution in [0.3, 0.4) is 0 Å². The summed E-state index contributed by atoms with van der Waals surface area (Å²) in [6, 6.07) is 0. The van der Waals surface area contributed by atoms with Gasteiger partial charge in [-0.25, -0.2) is 8.78 Å². The van der Waals surface area contributed by atoms with Crippen LogP contribution in [-0.2, 0) is 11.3 Å². The molecule has 0 atom stereocenters. The fourth-order valence-electron chi connectivity index (χ4n) is 1.27. The van der Waals surface area contributed by atoms with E-state index < -0.39 is 24.9 Å². The number of aryl methyl sites for hydroxylation is 1. The topological polar surface area (TPSA) is 77.1 Å². The molecule has 5 nitrogen and oxygen atoms in total. The smallest absolute Gasteiger partial charge is 0.308 e. The first kappa shape index (κ1) is 14.8. The quantitative estimate of drug-likeness (QED) is 0.810. The Kier molecular flexibility index (Phi) is 4.58. The molecule has 0 saturated carbocycles. The first-order chi connectivity index (χ1) is 8.26. The van der Waals surface area contributed by atoms with Crippen molar-refractivity contribution in [2.45, 2.75) is 26.3 Å². The lowest BCUT2D eigenvalue weighted by Crippen LogP contribution is -2.43. The molecule has 1 aromatic heterocycles. The Bertz CT molecular complexity index is 496. The molecule has 0 bridgehead atoms. The predicted octanol–water partition coefficient (Wildman–Crippen LogP) is 0.237. The average Bonchev–Trinajstić information content (AvgIpc) is 2.54. The molecule has 0 aliphatic heterocycles. The molecule has 0 spiro atoms. The van der Waals surface area contributed by atoms with Crippen LogP contribution in [0.15, 0.2) is 4.79 Å². The molecule has 0 aromatic carbocycles. The number of nitrogens with one attached hydrogen (secondary N) is 1. The highest BCUT2D eigenvalue weighted by molar-refractivity contribution is 7.09.